The van der Waals surface area contributed by atoms with Crippen molar-refractivity contribution in [2.45, 2.75) is 44.5 Å². The number of ether oxygens (including phenoxy) is 2. The highest BCUT2D eigenvalue weighted by molar-refractivity contribution is 6.09. The van der Waals surface area contributed by atoms with Crippen molar-refractivity contribution >= 4 is 17.7 Å². The summed E-state index contributed by atoms with van der Waals surface area (Å²) >= 11 is 0. The van der Waals surface area contributed by atoms with Crippen LogP contribution in [0.5, 0.6) is 0 Å². The zero-order valence-corrected chi connectivity index (χ0v) is 10.00. The molecule has 0 aromatic rings. The summed E-state index contributed by atoms with van der Waals surface area (Å²) in [5.41, 5.74) is 0. The zero-order valence-electron chi connectivity index (χ0n) is 10.00. The molecule has 1 rings (SSSR count). The molecule has 1 saturated heterocycles. The molecule has 1 aliphatic heterocycles. The Morgan fingerprint density at radius 3 is 2.67 bits per heavy atom. The van der Waals surface area contributed by atoms with E-state index in [1.165, 1.54) is 0 Å². The van der Waals surface area contributed by atoms with Crippen molar-refractivity contribution in [3.8, 4) is 0 Å². The van der Waals surface area contributed by atoms with Crippen molar-refractivity contribution < 1.29 is 34.1 Å². The zero-order chi connectivity index (χ0) is 13.7. The summed E-state index contributed by atoms with van der Waals surface area (Å²) in [5, 5.41) is 18.6. The van der Waals surface area contributed by atoms with E-state index in [0.29, 0.717) is 6.42 Å². The van der Waals surface area contributed by atoms with E-state index >= 15 is 0 Å². The molecule has 0 aliphatic carbocycles. The van der Waals surface area contributed by atoms with Crippen LogP contribution in [0, 0.1) is 0 Å². The number of Topliss-reactive ketones (excluding diaryl/α,β-unsaturated/α-hetero) is 1. The number of aliphatic hydroxyl groups is 2. The van der Waals surface area contributed by atoms with Gasteiger partial charge in [-0.3, -0.25) is 9.59 Å². The Bertz CT molecular complexity index is 338. The number of ketones is 1. The molecule has 1 heterocycles. The van der Waals surface area contributed by atoms with E-state index in [1.54, 1.807) is 0 Å². The van der Waals surface area contributed by atoms with Gasteiger partial charge in [0.25, 0.3) is 0 Å². The number of carbonyl (C=O) groups is 3. The Morgan fingerprint density at radius 2 is 2.17 bits per heavy atom. The first-order valence-corrected chi connectivity index (χ1v) is 5.73. The third-order valence-electron chi connectivity index (χ3n) is 2.52. The maximum absolute atomic E-state index is 11.3. The first-order chi connectivity index (χ1) is 8.47. The van der Waals surface area contributed by atoms with Gasteiger partial charge >= 0.3 is 11.9 Å². The average Bonchev–Trinajstić information content (AvgIpc) is 2.61. The quantitative estimate of drug-likeness (QED) is 0.462. The standard InChI is InChI=1S/C11H16O7/c1-2-3-4-7(13)17-5-6(12)10-8(14)9(15)11(16)18-10/h6,9-10,12,15H,2-5H2,1H3. The summed E-state index contributed by atoms with van der Waals surface area (Å²) in [6.45, 7) is 1.47. The summed E-state index contributed by atoms with van der Waals surface area (Å²) in [6.07, 6.45) is -3.05. The summed E-state index contributed by atoms with van der Waals surface area (Å²) < 4.78 is 9.20. The van der Waals surface area contributed by atoms with Gasteiger partial charge in [-0.15, -0.1) is 0 Å². The number of carbonyl (C=O) groups excluding carboxylic acids is 3. The van der Waals surface area contributed by atoms with Crippen LogP contribution in [0.3, 0.4) is 0 Å². The second-order valence-electron chi connectivity index (χ2n) is 4.02. The molecule has 2 N–H and O–H groups in total. The van der Waals surface area contributed by atoms with Crippen LogP contribution in [-0.4, -0.2) is 52.9 Å². The molecule has 1 aliphatic rings. The van der Waals surface area contributed by atoms with Crippen molar-refractivity contribution in [2.75, 3.05) is 6.61 Å². The Kier molecular flexibility index (Phi) is 5.24. The topological polar surface area (TPSA) is 110 Å². The number of unbranched alkanes of at least 4 members (excludes halogenated alkanes) is 1. The van der Waals surface area contributed by atoms with Gasteiger partial charge in [-0.05, 0) is 6.42 Å². The van der Waals surface area contributed by atoms with E-state index in [0.717, 1.165) is 6.42 Å². The van der Waals surface area contributed by atoms with E-state index in [2.05, 4.69) is 4.74 Å². The summed E-state index contributed by atoms with van der Waals surface area (Å²) in [6, 6.07) is 0. The minimum Gasteiger partial charge on any atom is -0.463 e. The molecule has 0 bridgehead atoms. The molecular weight excluding hydrogens is 244 g/mol. The van der Waals surface area contributed by atoms with Gasteiger partial charge in [0.05, 0.1) is 0 Å². The van der Waals surface area contributed by atoms with Gasteiger partial charge < -0.3 is 19.7 Å². The normalized spacial score (nSPS) is 24.8. The van der Waals surface area contributed by atoms with Crippen molar-refractivity contribution in [1.82, 2.24) is 0 Å². The number of hydrogen-bond donors (Lipinski definition) is 2. The van der Waals surface area contributed by atoms with Crippen LogP contribution in [0.1, 0.15) is 26.2 Å². The monoisotopic (exact) mass is 260 g/mol. The van der Waals surface area contributed by atoms with Crippen LogP contribution in [0.25, 0.3) is 0 Å². The summed E-state index contributed by atoms with van der Waals surface area (Å²) in [5.74, 6) is -2.51. The minimum absolute atomic E-state index is 0.226. The molecule has 18 heavy (non-hydrogen) atoms. The fourth-order valence-corrected chi connectivity index (χ4v) is 1.45. The lowest BCUT2D eigenvalue weighted by Crippen LogP contribution is -2.38. The SMILES string of the molecule is CCCCC(=O)OCC(O)C1OC(=O)C(O)C1=O. The molecule has 3 atom stereocenters. The molecule has 0 saturated carbocycles. The van der Waals surface area contributed by atoms with E-state index < -0.39 is 42.6 Å². The molecule has 0 aromatic heterocycles. The predicted octanol–water partition coefficient (Wildman–Crippen LogP) is -1.06. The van der Waals surface area contributed by atoms with Gasteiger partial charge in [0.1, 0.15) is 12.7 Å². The molecule has 102 valence electrons. The van der Waals surface area contributed by atoms with E-state index in [-0.39, 0.29) is 6.42 Å². The Morgan fingerprint density at radius 1 is 1.50 bits per heavy atom. The van der Waals surface area contributed by atoms with Gasteiger partial charge in [0.15, 0.2) is 6.10 Å². The number of cyclic esters (lactones) is 1. The van der Waals surface area contributed by atoms with Crippen molar-refractivity contribution in [3.05, 3.63) is 0 Å². The average molecular weight is 260 g/mol. The lowest BCUT2D eigenvalue weighted by Gasteiger charge is -2.15. The largest absolute Gasteiger partial charge is 0.463 e. The van der Waals surface area contributed by atoms with Crippen molar-refractivity contribution in [2.24, 2.45) is 0 Å². The molecule has 1 fully saturated rings. The Labute approximate surface area is 104 Å². The second kappa shape index (κ2) is 6.46. The fraction of sp³-hybridized carbons (Fsp3) is 0.727. The fourth-order valence-electron chi connectivity index (χ4n) is 1.45. The molecule has 0 radical (unpaired) electrons. The van der Waals surface area contributed by atoms with Gasteiger partial charge in [0, 0.05) is 6.42 Å². The number of hydrogen-bond acceptors (Lipinski definition) is 7. The lowest BCUT2D eigenvalue weighted by molar-refractivity contribution is -0.156. The van der Waals surface area contributed by atoms with Crippen LogP contribution >= 0.6 is 0 Å². The van der Waals surface area contributed by atoms with Crippen LogP contribution in [0.15, 0.2) is 0 Å². The molecule has 0 aromatic carbocycles. The minimum atomic E-state index is -1.86. The predicted molar refractivity (Wildman–Crippen MR) is 57.4 cm³/mol. The molecule has 7 nitrogen and oxygen atoms in total. The first kappa shape index (κ1) is 14.6. The molecule has 7 heteroatoms. The van der Waals surface area contributed by atoms with Crippen LogP contribution < -0.4 is 0 Å². The maximum atomic E-state index is 11.3. The number of esters is 2. The first-order valence-electron chi connectivity index (χ1n) is 5.73. The molecule has 3 unspecified atom stereocenters. The lowest BCUT2D eigenvalue weighted by atomic mass is 10.1. The van der Waals surface area contributed by atoms with E-state index in [1.807, 2.05) is 6.92 Å². The van der Waals surface area contributed by atoms with Crippen molar-refractivity contribution in [3.63, 3.8) is 0 Å². The Balaban J connectivity index is 2.37. The highest BCUT2D eigenvalue weighted by Crippen LogP contribution is 2.15. The smallest absolute Gasteiger partial charge is 0.343 e. The van der Waals surface area contributed by atoms with Gasteiger partial charge in [-0.2, -0.15) is 0 Å². The summed E-state index contributed by atoms with van der Waals surface area (Å²) in [4.78, 5) is 33.3. The van der Waals surface area contributed by atoms with Gasteiger partial charge in [-0.25, -0.2) is 4.79 Å². The maximum Gasteiger partial charge on any atom is 0.343 e. The molecule has 0 spiro atoms. The van der Waals surface area contributed by atoms with Crippen LogP contribution in [0.4, 0.5) is 0 Å². The third kappa shape index (κ3) is 3.51. The highest BCUT2D eigenvalue weighted by atomic mass is 16.6. The molecular formula is C11H16O7. The van der Waals surface area contributed by atoms with Crippen molar-refractivity contribution in [1.29, 1.82) is 0 Å². The number of aliphatic hydroxyl groups excluding tert-OH is 2. The van der Waals surface area contributed by atoms with E-state index in [9.17, 15) is 19.5 Å². The highest BCUT2D eigenvalue weighted by Gasteiger charge is 2.46. The second-order valence-corrected chi connectivity index (χ2v) is 4.02. The summed E-state index contributed by atoms with van der Waals surface area (Å²) in [7, 11) is 0. The van der Waals surface area contributed by atoms with Crippen LogP contribution in [0.2, 0.25) is 0 Å². The van der Waals surface area contributed by atoms with Gasteiger partial charge in [-0.1, -0.05) is 13.3 Å². The molecule has 0 amide bonds. The van der Waals surface area contributed by atoms with Gasteiger partial charge in [0.2, 0.25) is 11.9 Å². The van der Waals surface area contributed by atoms with Crippen LogP contribution in [-0.2, 0) is 23.9 Å². The third-order valence-corrected chi connectivity index (χ3v) is 2.52. The van der Waals surface area contributed by atoms with E-state index in [4.69, 9.17) is 9.84 Å². The number of rotatable bonds is 6. The Hall–Kier alpha value is -1.47.